The molecule has 6 heterocycles. The van der Waals surface area contributed by atoms with Gasteiger partial charge in [-0.3, -0.25) is 14.7 Å². The van der Waals surface area contributed by atoms with E-state index in [1.807, 2.05) is 76.4 Å². The topological polar surface area (TPSA) is 148 Å². The van der Waals surface area contributed by atoms with Crippen LogP contribution in [0.15, 0.2) is 54.9 Å². The van der Waals surface area contributed by atoms with Gasteiger partial charge in [0.25, 0.3) is 0 Å². The van der Waals surface area contributed by atoms with Crippen molar-refractivity contribution in [3.05, 3.63) is 76.3 Å². The Morgan fingerprint density at radius 2 is 1.69 bits per heavy atom. The summed E-state index contributed by atoms with van der Waals surface area (Å²) in [5.74, 6) is 1.47. The lowest BCUT2D eigenvalue weighted by atomic mass is 9.97. The number of rotatable bonds is 10. The minimum absolute atomic E-state index is 0.0218. The van der Waals surface area contributed by atoms with Crippen molar-refractivity contribution in [1.82, 2.24) is 39.3 Å². The molecule has 1 N–H and O–H groups in total. The minimum Gasteiger partial charge on any atom is -0.493 e. The molecule has 0 bridgehead atoms. The molecule has 0 radical (unpaired) electrons. The summed E-state index contributed by atoms with van der Waals surface area (Å²) in [6, 6.07) is 12.9. The highest BCUT2D eigenvalue weighted by molar-refractivity contribution is 6.39. The fraction of sp³-hybridized carbons (Fsp3) is 0.429. The Labute approximate surface area is 347 Å². The van der Waals surface area contributed by atoms with Crippen LogP contribution in [-0.4, -0.2) is 114 Å². The summed E-state index contributed by atoms with van der Waals surface area (Å²) in [6.07, 6.45) is 4.31. The summed E-state index contributed by atoms with van der Waals surface area (Å²) in [5, 5.41) is 15.7. The molecule has 14 nitrogen and oxygen atoms in total. The molecule has 1 aromatic carbocycles. The van der Waals surface area contributed by atoms with Gasteiger partial charge >= 0.3 is 6.09 Å². The van der Waals surface area contributed by atoms with E-state index >= 15 is 0 Å². The summed E-state index contributed by atoms with van der Waals surface area (Å²) < 4.78 is 19.0. The van der Waals surface area contributed by atoms with Crippen molar-refractivity contribution in [2.45, 2.75) is 77.8 Å². The Morgan fingerprint density at radius 1 is 0.983 bits per heavy atom. The zero-order valence-electron chi connectivity index (χ0n) is 33.8. The van der Waals surface area contributed by atoms with E-state index in [-0.39, 0.29) is 18.5 Å². The molecule has 2 amide bonds. The average molecular weight is 832 g/mol. The van der Waals surface area contributed by atoms with Crippen LogP contribution in [0.2, 0.25) is 10.0 Å². The number of carbonyl (C=O) groups excluding carboxylic acids is 2. The maximum Gasteiger partial charge on any atom is 0.410 e. The standard InChI is InChI=1S/C42H48Cl2N8O6/c1-25(53)50-17-14-28(15-18-50)51(40(54)58-41(2,3)4)20-26-11-12-32(46-39(26)57-7)31-10-8-9-29(35(31)43)30-13-16-45-37(36(30)44)27-19-33(56-6)38-47-34(48-52(38)21-27)22-49-23-42(5,55)24-49/h8-13,16,19,21,28,55H,14-15,17-18,20,22-24H2,1-7H3. The van der Waals surface area contributed by atoms with E-state index < -0.39 is 17.3 Å². The summed E-state index contributed by atoms with van der Waals surface area (Å²) in [7, 11) is 3.11. The number of likely N-dealkylation sites (tertiary alicyclic amines) is 2. The van der Waals surface area contributed by atoms with Crippen LogP contribution in [-0.2, 0) is 22.6 Å². The lowest BCUT2D eigenvalue weighted by molar-refractivity contribution is -0.130. The molecule has 2 fully saturated rings. The fourth-order valence-electron chi connectivity index (χ4n) is 7.62. The van der Waals surface area contributed by atoms with Crippen molar-refractivity contribution in [3.8, 4) is 45.3 Å². The Kier molecular flexibility index (Phi) is 11.6. The molecule has 0 spiro atoms. The SMILES string of the molecule is COc1nc(-c2cccc(-c3ccnc(-c4cc(OC)c5nc(CN6CC(C)(O)C6)nn5c4)c3Cl)c2Cl)ccc1CN(C(=O)OC(C)(C)C)C1CCN(C(C)=O)CC1. The second-order valence-electron chi connectivity index (χ2n) is 16.1. The molecule has 306 valence electrons. The van der Waals surface area contributed by atoms with Gasteiger partial charge in [-0.25, -0.2) is 19.3 Å². The van der Waals surface area contributed by atoms with E-state index in [1.165, 1.54) is 0 Å². The number of fused-ring (bicyclic) bond motifs is 1. The number of benzene rings is 1. The van der Waals surface area contributed by atoms with E-state index in [2.05, 4.69) is 14.9 Å². The van der Waals surface area contributed by atoms with Crippen LogP contribution in [0.5, 0.6) is 11.6 Å². The Bertz CT molecular complexity index is 2350. The van der Waals surface area contributed by atoms with Gasteiger partial charge in [-0.15, -0.1) is 5.10 Å². The van der Waals surface area contributed by atoms with Crippen molar-refractivity contribution in [3.63, 3.8) is 0 Å². The summed E-state index contributed by atoms with van der Waals surface area (Å²) in [4.78, 5) is 45.4. The largest absolute Gasteiger partial charge is 0.493 e. The molecule has 4 aromatic heterocycles. The van der Waals surface area contributed by atoms with Gasteiger partial charge in [0.2, 0.25) is 11.8 Å². The van der Waals surface area contributed by atoms with Crippen LogP contribution in [0.4, 0.5) is 4.79 Å². The first-order chi connectivity index (χ1) is 27.5. The van der Waals surface area contributed by atoms with Gasteiger partial charge in [0.05, 0.1) is 54.3 Å². The molecule has 7 rings (SSSR count). The number of halogens is 2. The number of hydrogen-bond donors (Lipinski definition) is 1. The average Bonchev–Trinajstić information content (AvgIpc) is 3.58. The Hall–Kier alpha value is -5.02. The van der Waals surface area contributed by atoms with Crippen LogP contribution in [0, 0.1) is 0 Å². The van der Waals surface area contributed by atoms with E-state index in [4.69, 9.17) is 47.5 Å². The normalized spacial score (nSPS) is 15.9. The van der Waals surface area contributed by atoms with Crippen molar-refractivity contribution in [2.75, 3.05) is 40.4 Å². The van der Waals surface area contributed by atoms with Crippen molar-refractivity contribution in [1.29, 1.82) is 0 Å². The number of carbonyl (C=O) groups is 2. The zero-order chi connectivity index (χ0) is 41.5. The third-order valence-electron chi connectivity index (χ3n) is 10.3. The molecule has 58 heavy (non-hydrogen) atoms. The number of aromatic nitrogens is 5. The highest BCUT2D eigenvalue weighted by Crippen LogP contribution is 2.42. The molecule has 16 heteroatoms. The number of hydrogen-bond acceptors (Lipinski definition) is 11. The van der Waals surface area contributed by atoms with E-state index in [9.17, 15) is 14.7 Å². The molecule has 0 aliphatic carbocycles. The zero-order valence-corrected chi connectivity index (χ0v) is 35.3. The van der Waals surface area contributed by atoms with Crippen molar-refractivity contribution < 1.29 is 28.9 Å². The highest BCUT2D eigenvalue weighted by atomic mass is 35.5. The number of ether oxygens (including phenoxy) is 3. The van der Waals surface area contributed by atoms with Crippen LogP contribution >= 0.6 is 23.2 Å². The quantitative estimate of drug-likeness (QED) is 0.153. The lowest BCUT2D eigenvalue weighted by Crippen LogP contribution is -2.59. The van der Waals surface area contributed by atoms with Gasteiger partial charge in [0.1, 0.15) is 5.60 Å². The predicted octanol–water partition coefficient (Wildman–Crippen LogP) is 7.16. The molecular formula is C42H48Cl2N8O6. The molecule has 2 aliphatic heterocycles. The molecular weight excluding hydrogens is 783 g/mol. The van der Waals surface area contributed by atoms with Crippen LogP contribution in [0.25, 0.3) is 39.3 Å². The molecule has 5 aromatic rings. The first-order valence-electron chi connectivity index (χ1n) is 19.2. The second-order valence-corrected chi connectivity index (χ2v) is 16.9. The number of aliphatic hydroxyl groups is 1. The highest BCUT2D eigenvalue weighted by Gasteiger charge is 2.37. The van der Waals surface area contributed by atoms with Gasteiger partial charge < -0.3 is 29.1 Å². The Balaban J connectivity index is 1.17. The maximum absolute atomic E-state index is 13.6. The monoisotopic (exact) mass is 830 g/mol. The van der Waals surface area contributed by atoms with E-state index in [1.54, 1.807) is 41.7 Å². The smallest absolute Gasteiger partial charge is 0.410 e. The van der Waals surface area contributed by atoms with Crippen LogP contribution < -0.4 is 9.47 Å². The number of pyridine rings is 3. The molecule has 2 aliphatic rings. The minimum atomic E-state index is -0.696. The maximum atomic E-state index is 13.6. The number of β-amino-alcohol motifs (C(OH)–C–C–N with tert-alkyl or cyclic N) is 1. The molecule has 0 unspecified atom stereocenters. The van der Waals surface area contributed by atoms with Gasteiger partial charge in [0.15, 0.2) is 17.2 Å². The summed E-state index contributed by atoms with van der Waals surface area (Å²) >= 11 is 14.3. The lowest BCUT2D eigenvalue weighted by Gasteiger charge is -2.43. The molecule has 0 saturated carbocycles. The van der Waals surface area contributed by atoms with Crippen molar-refractivity contribution >= 4 is 40.8 Å². The van der Waals surface area contributed by atoms with Crippen LogP contribution in [0.1, 0.15) is 58.8 Å². The van der Waals surface area contributed by atoms with Gasteiger partial charge in [-0.05, 0) is 64.8 Å². The molecule has 2 saturated heterocycles. The van der Waals surface area contributed by atoms with Gasteiger partial charge in [-0.2, -0.15) is 0 Å². The number of nitrogens with zero attached hydrogens (tertiary/aromatic N) is 8. The van der Waals surface area contributed by atoms with E-state index in [0.717, 1.165) is 0 Å². The fourth-order valence-corrected chi connectivity index (χ4v) is 8.27. The first-order valence-corrected chi connectivity index (χ1v) is 19.9. The third kappa shape index (κ3) is 8.70. The summed E-state index contributed by atoms with van der Waals surface area (Å²) in [5.41, 5.74) is 3.58. The Morgan fingerprint density at radius 3 is 2.34 bits per heavy atom. The number of piperidine rings is 1. The third-order valence-corrected chi connectivity index (χ3v) is 11.1. The van der Waals surface area contributed by atoms with Gasteiger partial charge in [-0.1, -0.05) is 41.4 Å². The number of amides is 2. The second kappa shape index (κ2) is 16.3. The van der Waals surface area contributed by atoms with Crippen LogP contribution in [0.3, 0.4) is 0 Å². The first kappa shape index (κ1) is 41.2. The van der Waals surface area contributed by atoms with E-state index in [0.29, 0.717) is 118 Å². The number of methoxy groups -OCH3 is 2. The summed E-state index contributed by atoms with van der Waals surface area (Å²) in [6.45, 7) is 11.8. The van der Waals surface area contributed by atoms with Gasteiger partial charge in [0, 0.05) is 79.4 Å². The predicted molar refractivity (Wildman–Crippen MR) is 221 cm³/mol. The van der Waals surface area contributed by atoms with Crippen molar-refractivity contribution in [2.24, 2.45) is 0 Å². The molecule has 0 atom stereocenters.